The van der Waals surface area contributed by atoms with Crippen molar-refractivity contribution < 1.29 is 4.74 Å². The van der Waals surface area contributed by atoms with Crippen LogP contribution in [0.15, 0.2) is 48.5 Å². The first-order chi connectivity index (χ1) is 9.63. The van der Waals surface area contributed by atoms with Crippen molar-refractivity contribution in [3.8, 4) is 5.75 Å². The molecule has 0 amide bonds. The van der Waals surface area contributed by atoms with Gasteiger partial charge >= 0.3 is 0 Å². The number of benzene rings is 2. The van der Waals surface area contributed by atoms with Gasteiger partial charge in [0, 0.05) is 17.6 Å². The Morgan fingerprint density at radius 3 is 2.60 bits per heavy atom. The minimum absolute atomic E-state index is 0.273. The van der Waals surface area contributed by atoms with E-state index in [1.807, 2.05) is 30.3 Å². The lowest BCUT2D eigenvalue weighted by Crippen LogP contribution is -2.31. The van der Waals surface area contributed by atoms with Crippen molar-refractivity contribution in [2.24, 2.45) is 0 Å². The van der Waals surface area contributed by atoms with Crippen LogP contribution in [0, 0.1) is 6.92 Å². The van der Waals surface area contributed by atoms with Crippen LogP contribution in [0.2, 0.25) is 5.02 Å². The third-order valence-corrected chi connectivity index (χ3v) is 3.30. The zero-order valence-electron chi connectivity index (χ0n) is 11.9. The summed E-state index contributed by atoms with van der Waals surface area (Å²) in [5.41, 5.74) is 2.42. The monoisotopic (exact) mass is 289 g/mol. The van der Waals surface area contributed by atoms with E-state index in [9.17, 15) is 0 Å². The summed E-state index contributed by atoms with van der Waals surface area (Å²) >= 11 is 5.96. The lowest BCUT2D eigenvalue weighted by Gasteiger charge is -2.15. The van der Waals surface area contributed by atoms with Gasteiger partial charge in [0.25, 0.3) is 0 Å². The van der Waals surface area contributed by atoms with Gasteiger partial charge in [0.2, 0.25) is 0 Å². The number of nitrogens with one attached hydrogen (secondary N) is 1. The van der Waals surface area contributed by atoms with Gasteiger partial charge in [-0.2, -0.15) is 0 Å². The number of hydrogen-bond donors (Lipinski definition) is 1. The zero-order chi connectivity index (χ0) is 14.4. The molecule has 2 nitrogen and oxygen atoms in total. The van der Waals surface area contributed by atoms with Crippen molar-refractivity contribution in [3.63, 3.8) is 0 Å². The van der Waals surface area contributed by atoms with Crippen LogP contribution in [0.25, 0.3) is 0 Å². The molecule has 0 aromatic heterocycles. The molecule has 0 aliphatic heterocycles. The van der Waals surface area contributed by atoms with E-state index in [-0.39, 0.29) is 6.04 Å². The molecule has 20 heavy (non-hydrogen) atoms. The van der Waals surface area contributed by atoms with Crippen molar-refractivity contribution in [2.75, 3.05) is 6.61 Å². The molecule has 0 spiro atoms. The third-order valence-electron chi connectivity index (χ3n) is 3.06. The van der Waals surface area contributed by atoms with E-state index in [2.05, 4.69) is 37.4 Å². The van der Waals surface area contributed by atoms with Crippen molar-refractivity contribution in [1.29, 1.82) is 0 Å². The van der Waals surface area contributed by atoms with Crippen LogP contribution in [-0.2, 0) is 6.54 Å². The average Bonchev–Trinajstić information content (AvgIpc) is 2.45. The minimum Gasteiger partial charge on any atom is -0.492 e. The van der Waals surface area contributed by atoms with Gasteiger partial charge < -0.3 is 10.1 Å². The van der Waals surface area contributed by atoms with Crippen LogP contribution < -0.4 is 10.1 Å². The number of halogens is 1. The molecule has 0 bridgehead atoms. The predicted octanol–water partition coefficient (Wildman–Crippen LogP) is 4.21. The number of aryl methyl sites for hydroxylation is 1. The van der Waals surface area contributed by atoms with Crippen LogP contribution in [0.3, 0.4) is 0 Å². The Morgan fingerprint density at radius 1 is 1.15 bits per heavy atom. The first-order valence-corrected chi connectivity index (χ1v) is 7.18. The Labute approximate surface area is 125 Å². The van der Waals surface area contributed by atoms with Gasteiger partial charge in [0.1, 0.15) is 12.4 Å². The summed E-state index contributed by atoms with van der Waals surface area (Å²) in [7, 11) is 0. The van der Waals surface area contributed by atoms with Gasteiger partial charge in [-0.3, -0.25) is 0 Å². The molecule has 106 valence electrons. The van der Waals surface area contributed by atoms with Crippen molar-refractivity contribution in [2.45, 2.75) is 26.4 Å². The predicted molar refractivity (Wildman–Crippen MR) is 84.4 cm³/mol. The lowest BCUT2D eigenvalue weighted by atomic mass is 10.2. The fourth-order valence-corrected chi connectivity index (χ4v) is 2.07. The van der Waals surface area contributed by atoms with Crippen LogP contribution in [0.5, 0.6) is 5.75 Å². The average molecular weight is 290 g/mol. The molecular formula is C17H20ClNO. The molecule has 0 saturated carbocycles. The summed E-state index contributed by atoms with van der Waals surface area (Å²) in [6.45, 7) is 5.61. The number of hydrogen-bond acceptors (Lipinski definition) is 2. The number of ether oxygens (including phenoxy) is 1. The highest BCUT2D eigenvalue weighted by Crippen LogP contribution is 2.12. The minimum atomic E-state index is 0.273. The highest BCUT2D eigenvalue weighted by molar-refractivity contribution is 6.30. The Kier molecular flexibility index (Phi) is 5.45. The summed E-state index contributed by atoms with van der Waals surface area (Å²) in [6.07, 6.45) is 0. The molecule has 0 fully saturated rings. The topological polar surface area (TPSA) is 21.3 Å². The summed E-state index contributed by atoms with van der Waals surface area (Å²) < 4.78 is 5.75. The van der Waals surface area contributed by atoms with E-state index in [0.29, 0.717) is 6.61 Å². The SMILES string of the molecule is Cc1ccc(OCC(C)NCc2cccc(Cl)c2)cc1. The third kappa shape index (κ3) is 4.87. The second kappa shape index (κ2) is 7.32. The highest BCUT2D eigenvalue weighted by Gasteiger charge is 2.03. The Hall–Kier alpha value is -1.51. The maximum atomic E-state index is 5.96. The van der Waals surface area contributed by atoms with E-state index in [1.54, 1.807) is 0 Å². The van der Waals surface area contributed by atoms with Crippen LogP contribution in [-0.4, -0.2) is 12.6 Å². The van der Waals surface area contributed by atoms with Crippen LogP contribution in [0.1, 0.15) is 18.1 Å². The summed E-state index contributed by atoms with van der Waals surface area (Å²) in [5, 5.41) is 4.20. The molecule has 1 atom stereocenters. The Bertz CT molecular complexity index is 539. The standard InChI is InChI=1S/C17H20ClNO/c1-13-6-8-17(9-7-13)20-12-14(2)19-11-15-4-3-5-16(18)10-15/h3-10,14,19H,11-12H2,1-2H3. The molecule has 0 radical (unpaired) electrons. The molecule has 0 saturated heterocycles. The molecular weight excluding hydrogens is 270 g/mol. The molecule has 0 aliphatic carbocycles. The maximum absolute atomic E-state index is 5.96. The smallest absolute Gasteiger partial charge is 0.119 e. The molecule has 1 N–H and O–H groups in total. The largest absolute Gasteiger partial charge is 0.492 e. The second-order valence-electron chi connectivity index (χ2n) is 5.04. The van der Waals surface area contributed by atoms with Gasteiger partial charge in [-0.15, -0.1) is 0 Å². The molecule has 0 heterocycles. The van der Waals surface area contributed by atoms with Crippen molar-refractivity contribution in [1.82, 2.24) is 5.32 Å². The van der Waals surface area contributed by atoms with E-state index in [4.69, 9.17) is 16.3 Å². The van der Waals surface area contributed by atoms with Gasteiger partial charge in [0.05, 0.1) is 0 Å². The van der Waals surface area contributed by atoms with E-state index >= 15 is 0 Å². The summed E-state index contributed by atoms with van der Waals surface area (Å²) in [6, 6.07) is 16.3. The van der Waals surface area contributed by atoms with Crippen LogP contribution in [0.4, 0.5) is 0 Å². The summed E-state index contributed by atoms with van der Waals surface area (Å²) in [5.74, 6) is 0.909. The first-order valence-electron chi connectivity index (χ1n) is 6.81. The van der Waals surface area contributed by atoms with Gasteiger partial charge in [-0.25, -0.2) is 0 Å². The molecule has 1 unspecified atom stereocenters. The van der Waals surface area contributed by atoms with E-state index in [0.717, 1.165) is 17.3 Å². The van der Waals surface area contributed by atoms with Gasteiger partial charge in [-0.1, -0.05) is 41.4 Å². The zero-order valence-corrected chi connectivity index (χ0v) is 12.7. The van der Waals surface area contributed by atoms with Crippen molar-refractivity contribution >= 4 is 11.6 Å². The molecule has 0 aliphatic rings. The number of rotatable bonds is 6. The van der Waals surface area contributed by atoms with Crippen molar-refractivity contribution in [3.05, 3.63) is 64.7 Å². The molecule has 2 aromatic carbocycles. The van der Waals surface area contributed by atoms with E-state index < -0.39 is 0 Å². The second-order valence-corrected chi connectivity index (χ2v) is 5.47. The fraction of sp³-hybridized carbons (Fsp3) is 0.294. The molecule has 2 rings (SSSR count). The van der Waals surface area contributed by atoms with Crippen LogP contribution >= 0.6 is 11.6 Å². The molecule has 3 heteroatoms. The first kappa shape index (κ1) is 14.9. The van der Waals surface area contributed by atoms with Gasteiger partial charge in [-0.05, 0) is 43.7 Å². The molecule has 2 aromatic rings. The Balaban J connectivity index is 1.75. The lowest BCUT2D eigenvalue weighted by molar-refractivity contribution is 0.272. The van der Waals surface area contributed by atoms with Gasteiger partial charge in [0.15, 0.2) is 0 Å². The van der Waals surface area contributed by atoms with E-state index in [1.165, 1.54) is 11.1 Å². The highest BCUT2D eigenvalue weighted by atomic mass is 35.5. The maximum Gasteiger partial charge on any atom is 0.119 e. The normalized spacial score (nSPS) is 12.2. The Morgan fingerprint density at radius 2 is 1.90 bits per heavy atom. The fourth-order valence-electron chi connectivity index (χ4n) is 1.85. The quantitative estimate of drug-likeness (QED) is 0.860. The summed E-state index contributed by atoms with van der Waals surface area (Å²) in [4.78, 5) is 0.